The number of amides is 1. The van der Waals surface area contributed by atoms with Crippen molar-refractivity contribution in [3.8, 4) is 11.5 Å². The van der Waals surface area contributed by atoms with Gasteiger partial charge in [-0.05, 0) is 24.6 Å². The predicted molar refractivity (Wildman–Crippen MR) is 68.1 cm³/mol. The van der Waals surface area contributed by atoms with Crippen LogP contribution in [0.4, 0.5) is 0 Å². The highest BCUT2D eigenvalue weighted by molar-refractivity contribution is 5.95. The lowest BCUT2D eigenvalue weighted by atomic mass is 10.1. The number of carbonyl (C=O) groups excluding carboxylic acids is 1. The van der Waals surface area contributed by atoms with Crippen LogP contribution in [-0.4, -0.2) is 25.1 Å². The van der Waals surface area contributed by atoms with Crippen molar-refractivity contribution in [1.29, 1.82) is 0 Å². The van der Waals surface area contributed by atoms with E-state index in [1.165, 1.54) is 0 Å². The van der Waals surface area contributed by atoms with Crippen molar-refractivity contribution < 1.29 is 14.3 Å². The highest BCUT2D eigenvalue weighted by Crippen LogP contribution is 2.32. The lowest BCUT2D eigenvalue weighted by Gasteiger charge is -2.10. The van der Waals surface area contributed by atoms with Crippen molar-refractivity contribution in [2.24, 2.45) is 5.73 Å². The summed E-state index contributed by atoms with van der Waals surface area (Å²) >= 11 is 0. The zero-order valence-corrected chi connectivity index (χ0v) is 10.5. The van der Waals surface area contributed by atoms with Crippen LogP contribution in [0.3, 0.4) is 0 Å². The summed E-state index contributed by atoms with van der Waals surface area (Å²) in [6.45, 7) is 1.89. The van der Waals surface area contributed by atoms with Gasteiger partial charge in [-0.1, -0.05) is 0 Å². The maximum Gasteiger partial charge on any atom is 0.267 e. The third kappa shape index (κ3) is 1.95. The number of methoxy groups -OCH3 is 2. The van der Waals surface area contributed by atoms with E-state index in [0.717, 1.165) is 10.9 Å². The van der Waals surface area contributed by atoms with Gasteiger partial charge in [0, 0.05) is 11.5 Å². The van der Waals surface area contributed by atoms with Crippen molar-refractivity contribution in [3.05, 3.63) is 29.5 Å². The third-order valence-corrected chi connectivity index (χ3v) is 2.77. The van der Waals surface area contributed by atoms with Crippen LogP contribution >= 0.6 is 0 Å². The van der Waals surface area contributed by atoms with Crippen molar-refractivity contribution in [2.75, 3.05) is 14.2 Å². The Labute approximate surface area is 105 Å². The summed E-state index contributed by atoms with van der Waals surface area (Å²) in [6, 6.07) is 5.23. The number of carbonyl (C=O) groups is 1. The smallest absolute Gasteiger partial charge is 0.267 e. The van der Waals surface area contributed by atoms with Crippen molar-refractivity contribution in [1.82, 2.24) is 4.98 Å². The van der Waals surface area contributed by atoms with Crippen LogP contribution in [-0.2, 0) is 0 Å². The van der Waals surface area contributed by atoms with Gasteiger partial charge in [0.2, 0.25) is 0 Å². The molecule has 18 heavy (non-hydrogen) atoms. The molecule has 0 saturated heterocycles. The van der Waals surface area contributed by atoms with Gasteiger partial charge in [-0.3, -0.25) is 4.79 Å². The molecule has 0 spiro atoms. The Balaban J connectivity index is 2.76. The van der Waals surface area contributed by atoms with Gasteiger partial charge in [-0.15, -0.1) is 0 Å². The van der Waals surface area contributed by atoms with Crippen molar-refractivity contribution in [2.45, 2.75) is 6.92 Å². The van der Waals surface area contributed by atoms with Crippen molar-refractivity contribution in [3.63, 3.8) is 0 Å². The minimum Gasteiger partial charge on any atom is -0.493 e. The first-order valence-electron chi connectivity index (χ1n) is 5.40. The Morgan fingerprint density at radius 1 is 1.17 bits per heavy atom. The highest BCUT2D eigenvalue weighted by Gasteiger charge is 2.11. The number of fused-ring (bicyclic) bond motifs is 1. The molecule has 1 heterocycles. The van der Waals surface area contributed by atoms with Gasteiger partial charge in [0.15, 0.2) is 11.5 Å². The number of rotatable bonds is 3. The second-order valence-electron chi connectivity index (χ2n) is 3.91. The summed E-state index contributed by atoms with van der Waals surface area (Å²) in [6.07, 6.45) is 0. The van der Waals surface area contributed by atoms with Crippen LogP contribution < -0.4 is 15.2 Å². The summed E-state index contributed by atoms with van der Waals surface area (Å²) in [5.41, 5.74) is 7.05. The van der Waals surface area contributed by atoms with E-state index in [-0.39, 0.29) is 5.69 Å². The number of aromatic nitrogens is 1. The average Bonchev–Trinajstić information content (AvgIpc) is 2.36. The minimum absolute atomic E-state index is 0.243. The van der Waals surface area contributed by atoms with Crippen LogP contribution in [0.2, 0.25) is 0 Å². The van der Waals surface area contributed by atoms with Crippen LogP contribution in [0.15, 0.2) is 18.2 Å². The second-order valence-corrected chi connectivity index (χ2v) is 3.91. The van der Waals surface area contributed by atoms with Crippen LogP contribution in [0.1, 0.15) is 16.1 Å². The fourth-order valence-electron chi connectivity index (χ4n) is 1.85. The van der Waals surface area contributed by atoms with E-state index in [0.29, 0.717) is 17.0 Å². The van der Waals surface area contributed by atoms with E-state index in [2.05, 4.69) is 4.98 Å². The Morgan fingerprint density at radius 2 is 1.78 bits per heavy atom. The molecule has 0 aliphatic heterocycles. The summed E-state index contributed by atoms with van der Waals surface area (Å²) in [5.74, 6) is 0.648. The Bertz CT molecular complexity index is 623. The molecule has 1 aromatic heterocycles. The van der Waals surface area contributed by atoms with Gasteiger partial charge in [0.1, 0.15) is 5.69 Å². The van der Waals surface area contributed by atoms with Gasteiger partial charge in [0.25, 0.3) is 5.91 Å². The Morgan fingerprint density at radius 3 is 2.33 bits per heavy atom. The lowest BCUT2D eigenvalue weighted by molar-refractivity contribution is 0.0996. The number of pyridine rings is 1. The standard InChI is InChI=1S/C13H14N2O3/c1-7-4-10(13(14)16)15-9-6-12(18-3)11(17-2)5-8(7)9/h4-6H,1-3H3,(H2,14,16). The first-order chi connectivity index (χ1) is 8.56. The van der Waals surface area contributed by atoms with E-state index in [4.69, 9.17) is 15.2 Å². The number of primary amides is 1. The number of nitrogens with zero attached hydrogens (tertiary/aromatic N) is 1. The summed E-state index contributed by atoms with van der Waals surface area (Å²) < 4.78 is 10.4. The van der Waals surface area contributed by atoms with E-state index < -0.39 is 5.91 Å². The fraction of sp³-hybridized carbons (Fsp3) is 0.231. The summed E-state index contributed by atoms with van der Waals surface area (Å²) in [5, 5.41) is 0.901. The molecule has 0 saturated carbocycles. The fourth-order valence-corrected chi connectivity index (χ4v) is 1.85. The largest absolute Gasteiger partial charge is 0.493 e. The zero-order valence-electron chi connectivity index (χ0n) is 10.5. The molecule has 0 radical (unpaired) electrons. The second kappa shape index (κ2) is 4.52. The number of aryl methyl sites for hydroxylation is 1. The molecule has 1 aromatic carbocycles. The lowest BCUT2D eigenvalue weighted by Crippen LogP contribution is -2.13. The molecule has 2 rings (SSSR count). The normalized spacial score (nSPS) is 10.4. The highest BCUT2D eigenvalue weighted by atomic mass is 16.5. The number of ether oxygens (including phenoxy) is 2. The van der Waals surface area contributed by atoms with Crippen molar-refractivity contribution >= 4 is 16.8 Å². The summed E-state index contributed by atoms with van der Waals surface area (Å²) in [7, 11) is 3.12. The minimum atomic E-state index is -0.546. The van der Waals surface area contributed by atoms with Gasteiger partial charge < -0.3 is 15.2 Å². The quantitative estimate of drug-likeness (QED) is 0.893. The molecule has 0 unspecified atom stereocenters. The molecule has 0 bridgehead atoms. The van der Waals surface area contributed by atoms with E-state index in [1.807, 2.05) is 13.0 Å². The third-order valence-electron chi connectivity index (χ3n) is 2.77. The van der Waals surface area contributed by atoms with Gasteiger partial charge >= 0.3 is 0 Å². The average molecular weight is 246 g/mol. The SMILES string of the molecule is COc1cc2nc(C(N)=O)cc(C)c2cc1OC. The molecule has 5 heteroatoms. The molecule has 0 atom stereocenters. The Hall–Kier alpha value is -2.30. The molecular weight excluding hydrogens is 232 g/mol. The van der Waals surface area contributed by atoms with Crippen LogP contribution in [0.5, 0.6) is 11.5 Å². The molecule has 2 aromatic rings. The maximum atomic E-state index is 11.2. The number of hydrogen-bond donors (Lipinski definition) is 1. The Kier molecular flexibility index (Phi) is 3.06. The topological polar surface area (TPSA) is 74.4 Å². The molecule has 1 amide bonds. The molecule has 0 fully saturated rings. The van der Waals surface area contributed by atoms with E-state index in [1.54, 1.807) is 26.4 Å². The predicted octanol–water partition coefficient (Wildman–Crippen LogP) is 1.66. The van der Waals surface area contributed by atoms with Crippen LogP contribution in [0.25, 0.3) is 10.9 Å². The monoisotopic (exact) mass is 246 g/mol. The van der Waals surface area contributed by atoms with E-state index >= 15 is 0 Å². The van der Waals surface area contributed by atoms with Gasteiger partial charge in [-0.25, -0.2) is 4.98 Å². The zero-order chi connectivity index (χ0) is 13.3. The van der Waals surface area contributed by atoms with Crippen LogP contribution in [0, 0.1) is 6.92 Å². The summed E-state index contributed by atoms with van der Waals surface area (Å²) in [4.78, 5) is 15.4. The first-order valence-corrected chi connectivity index (χ1v) is 5.40. The van der Waals surface area contributed by atoms with Gasteiger partial charge in [0.05, 0.1) is 19.7 Å². The molecule has 5 nitrogen and oxygen atoms in total. The molecular formula is C13H14N2O3. The number of nitrogens with two attached hydrogens (primary N) is 1. The van der Waals surface area contributed by atoms with E-state index in [9.17, 15) is 4.79 Å². The molecule has 0 aliphatic rings. The molecule has 2 N–H and O–H groups in total. The maximum absolute atomic E-state index is 11.2. The number of hydrogen-bond acceptors (Lipinski definition) is 4. The van der Waals surface area contributed by atoms with Gasteiger partial charge in [-0.2, -0.15) is 0 Å². The number of benzene rings is 1. The molecule has 0 aliphatic carbocycles. The molecule has 94 valence electrons. The first kappa shape index (κ1) is 12.2.